The maximum atomic E-state index is 14.9. The van der Waals surface area contributed by atoms with Crippen LogP contribution in [0, 0.1) is 23.7 Å². The van der Waals surface area contributed by atoms with Gasteiger partial charge in [0.25, 0.3) is 0 Å². The molecule has 0 spiro atoms. The number of rotatable bonds is 20. The highest BCUT2D eigenvalue weighted by molar-refractivity contribution is 7.95. The van der Waals surface area contributed by atoms with Crippen LogP contribution in [-0.4, -0.2) is 185 Å². The predicted octanol–water partition coefficient (Wildman–Crippen LogP) is 7.94. The second kappa shape index (κ2) is 29.5. The lowest BCUT2D eigenvalue weighted by Crippen LogP contribution is -2.61. The highest BCUT2D eigenvalue weighted by Crippen LogP contribution is 2.57. The van der Waals surface area contributed by atoms with Crippen molar-refractivity contribution in [1.82, 2.24) is 14.7 Å². The molecule has 0 aliphatic carbocycles. The minimum atomic E-state index is -2.02. The van der Waals surface area contributed by atoms with Crippen LogP contribution < -0.4 is 15.9 Å². The smallest absolute Gasteiger partial charge is 0.309 e. The van der Waals surface area contributed by atoms with Gasteiger partial charge in [-0.3, -0.25) is 9.69 Å². The Hall–Kier alpha value is -2.92. The Labute approximate surface area is 488 Å². The van der Waals surface area contributed by atoms with E-state index < -0.39 is 103 Å². The molecule has 0 radical (unpaired) electrons. The summed E-state index contributed by atoms with van der Waals surface area (Å²) in [4.78, 5) is 21.3. The van der Waals surface area contributed by atoms with Gasteiger partial charge in [-0.15, -0.1) is 0 Å². The molecule has 3 aromatic rings. The number of methoxy groups -OCH3 is 1. The fourth-order valence-corrected chi connectivity index (χ4v) is 19.0. The van der Waals surface area contributed by atoms with Crippen LogP contribution in [-0.2, 0) is 35.0 Å². The van der Waals surface area contributed by atoms with Gasteiger partial charge in [0, 0.05) is 50.2 Å². The Morgan fingerprint density at radius 2 is 1.33 bits per heavy atom. The summed E-state index contributed by atoms with van der Waals surface area (Å²) >= 11 is 0. The summed E-state index contributed by atoms with van der Waals surface area (Å²) in [7, 11) is 7.66. The van der Waals surface area contributed by atoms with Gasteiger partial charge < -0.3 is 59.0 Å². The van der Waals surface area contributed by atoms with Gasteiger partial charge in [-0.25, -0.2) is 0 Å². The molecule has 3 aliphatic rings. The first-order valence-electron chi connectivity index (χ1n) is 30.6. The van der Waals surface area contributed by atoms with E-state index in [2.05, 4.69) is 116 Å². The van der Waals surface area contributed by atoms with Gasteiger partial charge in [0.1, 0.15) is 53.2 Å². The van der Waals surface area contributed by atoms with E-state index >= 15 is 0 Å². The number of aliphatic hydroxyl groups excluding tert-OH is 3. The van der Waals surface area contributed by atoms with Crippen molar-refractivity contribution in [2.24, 2.45) is 23.7 Å². The van der Waals surface area contributed by atoms with Crippen LogP contribution in [0.15, 0.2) is 84.9 Å². The van der Waals surface area contributed by atoms with Crippen LogP contribution in [0.5, 0.6) is 0 Å². The van der Waals surface area contributed by atoms with Crippen LogP contribution in [0.3, 0.4) is 0 Å². The standard InChI is InChI=1S/C66H107N3O11P/c1-16-56-66(10,75)59(71)48(6)69(37-29-19-17-18-20-30-38-81(51-32-23-21-24-33-51,52-34-25-22-26-35-52)55-36-28-27-31-50(55)43-67(11)12)42-44(2)40-64(8,74)61(80-63-58(70)53(68(13)14)39-45(3)77-63)46(4)57(47(5)62(73)79-56)54-41-65(9,76-15)60(72)49(7)78-54/h21-28,31-36,44-49,53-54,56-61,63,70-72,74-75H,16-20,29-30,37-43H2,1-15H3/q+1/t44-,45-,46+,47-,48-,49+,53+,54-,56-,57?,58-,59-,60+,61-,63+,64-,65-,66-/m1/s1. The summed E-state index contributed by atoms with van der Waals surface area (Å²) in [5, 5.41) is 65.6. The fraction of sp³-hybridized carbons (Fsp3) is 0.712. The van der Waals surface area contributed by atoms with E-state index in [9.17, 15) is 30.3 Å². The monoisotopic (exact) mass is 1150 g/mol. The van der Waals surface area contributed by atoms with Crippen LogP contribution in [0.2, 0.25) is 0 Å². The largest absolute Gasteiger partial charge is 0.459 e. The number of ether oxygens (including phenoxy) is 5. The molecule has 3 heterocycles. The molecule has 3 fully saturated rings. The van der Waals surface area contributed by atoms with Gasteiger partial charge in [0.05, 0.1) is 47.7 Å². The van der Waals surface area contributed by atoms with Crippen molar-refractivity contribution in [1.29, 1.82) is 0 Å². The summed E-state index contributed by atoms with van der Waals surface area (Å²) in [6.07, 6.45) is 0.375. The summed E-state index contributed by atoms with van der Waals surface area (Å²) < 4.78 is 32.4. The van der Waals surface area contributed by atoms with E-state index in [1.165, 1.54) is 21.5 Å². The minimum absolute atomic E-state index is 0.164. The first kappa shape index (κ1) is 67.2. The molecule has 15 heteroatoms. The molecule has 81 heavy (non-hydrogen) atoms. The van der Waals surface area contributed by atoms with Gasteiger partial charge >= 0.3 is 5.97 Å². The number of hydrogen-bond donors (Lipinski definition) is 5. The lowest BCUT2D eigenvalue weighted by Gasteiger charge is -2.51. The number of cyclic esters (lactones) is 1. The lowest BCUT2D eigenvalue weighted by atomic mass is 9.68. The molecule has 3 saturated heterocycles. The van der Waals surface area contributed by atoms with E-state index in [1.807, 2.05) is 53.6 Å². The van der Waals surface area contributed by atoms with E-state index in [0.717, 1.165) is 51.2 Å². The Kier molecular flexibility index (Phi) is 24.4. The maximum Gasteiger partial charge on any atom is 0.309 e. The maximum absolute atomic E-state index is 14.9. The summed E-state index contributed by atoms with van der Waals surface area (Å²) in [6.45, 7) is 20.5. The number of aliphatic hydroxyl groups is 5. The number of benzene rings is 3. The summed E-state index contributed by atoms with van der Waals surface area (Å²) in [5.74, 6) is -3.01. The van der Waals surface area contributed by atoms with Crippen molar-refractivity contribution in [2.75, 3.05) is 54.6 Å². The Balaban J connectivity index is 1.26. The number of carbonyl (C=O) groups excluding carboxylic acids is 1. The van der Waals surface area contributed by atoms with Gasteiger partial charge in [-0.1, -0.05) is 102 Å². The SMILES string of the molecule is CC[C@H]1OC(=O)[C@H](C)C([C@H]2C[C@@](C)(OC)[C@@H](O)[C@H](C)O2)[C@H](C)[C@@H](O[C@@H]2O[C@H](C)C[C@H](N(C)C)[C@H]2O)[C@](C)(O)C[C@@H](C)CN(CCCCCCCC[P+](c2ccccc2)(c2ccccc2)c2ccccc2CN(C)C)[C@H](C)[C@@H](O)[C@]1(C)O. The molecule has 5 N–H and O–H groups in total. The van der Waals surface area contributed by atoms with E-state index in [0.29, 0.717) is 19.5 Å². The number of unbranched alkanes of at least 4 members (excludes halogenated alkanes) is 5. The van der Waals surface area contributed by atoms with Crippen molar-refractivity contribution in [3.63, 3.8) is 0 Å². The Bertz CT molecular complexity index is 2320. The normalized spacial score (nSPS) is 36.3. The molecule has 0 amide bonds. The average Bonchev–Trinajstić information content (AvgIpc) is 3.50. The van der Waals surface area contributed by atoms with Crippen molar-refractivity contribution in [2.45, 2.75) is 224 Å². The van der Waals surface area contributed by atoms with Crippen LogP contribution in [0.4, 0.5) is 0 Å². The number of carbonyl (C=O) groups is 1. The molecule has 6 rings (SSSR count). The number of likely N-dealkylation sites (N-methyl/N-ethyl adjacent to an activating group) is 1. The highest BCUT2D eigenvalue weighted by atomic mass is 31.2. The quantitative estimate of drug-likeness (QED) is 0.0419. The van der Waals surface area contributed by atoms with Crippen molar-refractivity contribution in [3.8, 4) is 0 Å². The number of esters is 1. The molecule has 18 atom stereocenters. The third-order valence-electron chi connectivity index (χ3n) is 18.9. The highest BCUT2D eigenvalue weighted by Gasteiger charge is 2.55. The second-order valence-electron chi connectivity index (χ2n) is 26.0. The number of nitrogens with zero attached hydrogens (tertiary/aromatic N) is 3. The molecular formula is C66H107N3O11P+. The molecule has 3 aliphatic heterocycles. The van der Waals surface area contributed by atoms with Crippen molar-refractivity contribution in [3.05, 3.63) is 90.5 Å². The molecule has 456 valence electrons. The third kappa shape index (κ3) is 15.9. The fourth-order valence-electron chi connectivity index (χ4n) is 14.3. The van der Waals surface area contributed by atoms with Crippen molar-refractivity contribution >= 4 is 29.1 Å². The molecular weight excluding hydrogens is 1040 g/mol. The third-order valence-corrected chi connectivity index (χ3v) is 23.5. The zero-order chi connectivity index (χ0) is 59.6. The zero-order valence-electron chi connectivity index (χ0n) is 52.1. The molecule has 1 unspecified atom stereocenters. The van der Waals surface area contributed by atoms with Crippen LogP contribution in [0.1, 0.15) is 139 Å². The lowest BCUT2D eigenvalue weighted by molar-refractivity contribution is -0.302. The second-order valence-corrected chi connectivity index (χ2v) is 29.6. The molecule has 14 nitrogen and oxygen atoms in total. The number of hydrogen-bond acceptors (Lipinski definition) is 14. The summed E-state index contributed by atoms with van der Waals surface area (Å²) in [6, 6.07) is 30.5. The molecule has 0 bridgehead atoms. The van der Waals surface area contributed by atoms with E-state index in [1.54, 1.807) is 34.8 Å². The van der Waals surface area contributed by atoms with Crippen molar-refractivity contribution < 1.29 is 54.0 Å². The van der Waals surface area contributed by atoms with Gasteiger partial charge in [0.2, 0.25) is 0 Å². The summed E-state index contributed by atoms with van der Waals surface area (Å²) in [5.41, 5.74) is -3.06. The zero-order valence-corrected chi connectivity index (χ0v) is 53.0. The molecule has 0 aromatic heterocycles. The van der Waals surface area contributed by atoms with Crippen LogP contribution >= 0.6 is 7.26 Å². The van der Waals surface area contributed by atoms with Gasteiger partial charge in [-0.2, -0.15) is 0 Å². The topological polar surface area (TPSA) is 174 Å². The first-order valence-corrected chi connectivity index (χ1v) is 32.5. The van der Waals surface area contributed by atoms with E-state index in [-0.39, 0.29) is 37.3 Å². The first-order chi connectivity index (χ1) is 38.2. The Morgan fingerprint density at radius 1 is 0.753 bits per heavy atom. The van der Waals surface area contributed by atoms with Gasteiger partial charge in [0.15, 0.2) is 6.29 Å². The molecule has 0 saturated carbocycles. The van der Waals surface area contributed by atoms with Gasteiger partial charge in [-0.05, 0) is 157 Å². The van der Waals surface area contributed by atoms with Crippen LogP contribution in [0.25, 0.3) is 0 Å². The predicted molar refractivity (Wildman–Crippen MR) is 327 cm³/mol. The minimum Gasteiger partial charge on any atom is -0.459 e. The Morgan fingerprint density at radius 3 is 1.91 bits per heavy atom. The van der Waals surface area contributed by atoms with E-state index in [4.69, 9.17) is 23.7 Å². The average molecular weight is 1150 g/mol. The molecule has 3 aromatic carbocycles.